The normalized spacial score (nSPS) is 17.7. The lowest BCUT2D eigenvalue weighted by atomic mass is 9.78. The van der Waals surface area contributed by atoms with Gasteiger partial charge in [0.15, 0.2) is 0 Å². The monoisotopic (exact) mass is 372 g/mol. The van der Waals surface area contributed by atoms with E-state index in [1.165, 1.54) is 46.4 Å². The predicted octanol–water partition coefficient (Wildman–Crippen LogP) is 6.27. The SMILES string of the molecule is C1=CCOC=C1.OCCCC1CCCc2c1ccc1c2ccc2ccccc21. The van der Waals surface area contributed by atoms with E-state index < -0.39 is 0 Å². The van der Waals surface area contributed by atoms with E-state index in [9.17, 15) is 0 Å². The van der Waals surface area contributed by atoms with Crippen LogP contribution >= 0.6 is 0 Å². The summed E-state index contributed by atoms with van der Waals surface area (Å²) in [7, 11) is 0. The average molecular weight is 373 g/mol. The van der Waals surface area contributed by atoms with Crippen LogP contribution < -0.4 is 0 Å². The van der Waals surface area contributed by atoms with Gasteiger partial charge in [-0.3, -0.25) is 0 Å². The Bertz CT molecular complexity index is 988. The third-order valence-electron chi connectivity index (χ3n) is 5.82. The zero-order chi connectivity index (χ0) is 19.2. The van der Waals surface area contributed by atoms with Crippen LogP contribution in [0.3, 0.4) is 0 Å². The summed E-state index contributed by atoms with van der Waals surface area (Å²) in [5.41, 5.74) is 3.08. The first kappa shape index (κ1) is 18.8. The Hall–Kier alpha value is -2.58. The molecular formula is C26H28O2. The fourth-order valence-electron chi connectivity index (χ4n) is 4.49. The molecule has 0 amide bonds. The van der Waals surface area contributed by atoms with Crippen molar-refractivity contribution >= 4 is 21.5 Å². The zero-order valence-corrected chi connectivity index (χ0v) is 16.3. The Morgan fingerprint density at radius 3 is 2.57 bits per heavy atom. The van der Waals surface area contributed by atoms with Crippen molar-refractivity contribution in [3.8, 4) is 0 Å². The molecule has 3 aromatic rings. The van der Waals surface area contributed by atoms with Crippen LogP contribution in [0, 0.1) is 0 Å². The lowest BCUT2D eigenvalue weighted by molar-refractivity contribution is 0.277. The Morgan fingerprint density at radius 2 is 1.82 bits per heavy atom. The molecule has 1 heterocycles. The Kier molecular flexibility index (Phi) is 6.08. The van der Waals surface area contributed by atoms with E-state index in [4.69, 9.17) is 9.84 Å². The predicted molar refractivity (Wildman–Crippen MR) is 118 cm³/mol. The van der Waals surface area contributed by atoms with Gasteiger partial charge in [-0.2, -0.15) is 0 Å². The molecule has 1 aliphatic heterocycles. The Balaban J connectivity index is 0.000000275. The molecule has 2 nitrogen and oxygen atoms in total. The van der Waals surface area contributed by atoms with Crippen molar-refractivity contribution in [1.29, 1.82) is 0 Å². The molecule has 0 saturated heterocycles. The van der Waals surface area contributed by atoms with Crippen molar-refractivity contribution in [2.24, 2.45) is 0 Å². The van der Waals surface area contributed by atoms with Crippen LogP contribution in [-0.2, 0) is 11.2 Å². The maximum absolute atomic E-state index is 9.14. The number of aryl methyl sites for hydroxylation is 1. The fraction of sp³-hybridized carbons (Fsp3) is 0.308. The van der Waals surface area contributed by atoms with Gasteiger partial charge in [0, 0.05) is 6.61 Å². The summed E-state index contributed by atoms with van der Waals surface area (Å²) in [4.78, 5) is 0. The molecule has 2 heteroatoms. The van der Waals surface area contributed by atoms with Gasteiger partial charge in [-0.05, 0) is 82.8 Å². The molecule has 3 aromatic carbocycles. The van der Waals surface area contributed by atoms with Gasteiger partial charge in [-0.25, -0.2) is 0 Å². The summed E-state index contributed by atoms with van der Waals surface area (Å²) in [6.07, 6.45) is 13.2. The summed E-state index contributed by atoms with van der Waals surface area (Å²) >= 11 is 0. The maximum atomic E-state index is 9.14. The lowest BCUT2D eigenvalue weighted by Gasteiger charge is -2.27. The van der Waals surface area contributed by atoms with Gasteiger partial charge in [0.1, 0.15) is 6.61 Å². The highest BCUT2D eigenvalue weighted by molar-refractivity contribution is 6.08. The number of allylic oxidation sites excluding steroid dienone is 2. The van der Waals surface area contributed by atoms with Gasteiger partial charge in [-0.15, -0.1) is 0 Å². The number of hydrogen-bond acceptors (Lipinski definition) is 2. The average Bonchev–Trinajstić information content (AvgIpc) is 2.78. The fourth-order valence-corrected chi connectivity index (χ4v) is 4.49. The highest BCUT2D eigenvalue weighted by atomic mass is 16.5. The van der Waals surface area contributed by atoms with Crippen molar-refractivity contribution in [3.05, 3.63) is 84.1 Å². The first-order chi connectivity index (χ1) is 13.9. The van der Waals surface area contributed by atoms with Crippen molar-refractivity contribution < 1.29 is 9.84 Å². The number of aliphatic hydroxyl groups is 1. The molecule has 28 heavy (non-hydrogen) atoms. The van der Waals surface area contributed by atoms with Crippen LogP contribution in [0.2, 0.25) is 0 Å². The summed E-state index contributed by atoms with van der Waals surface area (Å²) in [5.74, 6) is 0.631. The second kappa shape index (κ2) is 9.07. The molecule has 5 rings (SSSR count). The molecule has 0 bridgehead atoms. The van der Waals surface area contributed by atoms with Gasteiger partial charge >= 0.3 is 0 Å². The molecule has 2 aliphatic rings. The number of benzene rings is 3. The molecule has 1 unspecified atom stereocenters. The summed E-state index contributed by atoms with van der Waals surface area (Å²) in [6, 6.07) is 17.9. The number of aliphatic hydroxyl groups excluding tert-OH is 1. The Labute approximate surface area is 167 Å². The van der Waals surface area contributed by atoms with E-state index >= 15 is 0 Å². The number of hydrogen-bond donors (Lipinski definition) is 1. The highest BCUT2D eigenvalue weighted by Crippen LogP contribution is 2.39. The molecule has 0 saturated carbocycles. The van der Waals surface area contributed by atoms with Gasteiger partial charge in [0.2, 0.25) is 0 Å². The third-order valence-corrected chi connectivity index (χ3v) is 5.82. The van der Waals surface area contributed by atoms with E-state index in [-0.39, 0.29) is 0 Å². The molecule has 0 spiro atoms. The van der Waals surface area contributed by atoms with E-state index in [2.05, 4.69) is 48.5 Å². The van der Waals surface area contributed by atoms with Crippen LogP contribution in [0.5, 0.6) is 0 Å². The molecule has 0 aromatic heterocycles. The highest BCUT2D eigenvalue weighted by Gasteiger charge is 2.21. The minimum absolute atomic E-state index is 0.310. The number of fused-ring (bicyclic) bond motifs is 5. The second-order valence-electron chi connectivity index (χ2n) is 7.56. The first-order valence-corrected chi connectivity index (χ1v) is 10.4. The van der Waals surface area contributed by atoms with Crippen molar-refractivity contribution in [2.75, 3.05) is 13.2 Å². The van der Waals surface area contributed by atoms with E-state index in [0.29, 0.717) is 12.5 Å². The lowest BCUT2D eigenvalue weighted by Crippen LogP contribution is -2.11. The largest absolute Gasteiger partial charge is 0.497 e. The van der Waals surface area contributed by atoms with Gasteiger partial charge < -0.3 is 9.84 Å². The first-order valence-electron chi connectivity index (χ1n) is 10.4. The minimum Gasteiger partial charge on any atom is -0.497 e. The topological polar surface area (TPSA) is 29.5 Å². The summed E-state index contributed by atoms with van der Waals surface area (Å²) in [6.45, 7) is 1.04. The van der Waals surface area contributed by atoms with E-state index in [1.54, 1.807) is 11.8 Å². The van der Waals surface area contributed by atoms with Crippen molar-refractivity contribution in [3.63, 3.8) is 0 Å². The third kappa shape index (κ3) is 3.98. The zero-order valence-electron chi connectivity index (χ0n) is 16.3. The van der Waals surface area contributed by atoms with Crippen LogP contribution in [-0.4, -0.2) is 18.3 Å². The van der Waals surface area contributed by atoms with Gasteiger partial charge in [-0.1, -0.05) is 54.6 Å². The molecule has 1 aliphatic carbocycles. The number of ether oxygens (including phenoxy) is 1. The quantitative estimate of drug-likeness (QED) is 0.549. The van der Waals surface area contributed by atoms with Crippen LogP contribution in [0.25, 0.3) is 21.5 Å². The van der Waals surface area contributed by atoms with Crippen LogP contribution in [0.4, 0.5) is 0 Å². The van der Waals surface area contributed by atoms with Gasteiger partial charge in [0.05, 0.1) is 6.26 Å². The van der Waals surface area contributed by atoms with Gasteiger partial charge in [0.25, 0.3) is 0 Å². The minimum atomic E-state index is 0.310. The molecule has 0 radical (unpaired) electrons. The molecular weight excluding hydrogens is 344 g/mol. The van der Waals surface area contributed by atoms with Crippen LogP contribution in [0.1, 0.15) is 42.7 Å². The smallest absolute Gasteiger partial charge is 0.106 e. The molecule has 0 fully saturated rings. The molecule has 1 atom stereocenters. The Morgan fingerprint density at radius 1 is 0.929 bits per heavy atom. The molecule has 144 valence electrons. The van der Waals surface area contributed by atoms with Crippen LogP contribution in [0.15, 0.2) is 73.0 Å². The van der Waals surface area contributed by atoms with Crippen molar-refractivity contribution in [2.45, 2.75) is 38.0 Å². The maximum Gasteiger partial charge on any atom is 0.106 e. The standard InChI is InChI=1S/C21H22O.C5H6O/c22-14-4-7-15-6-3-9-19-18(15)12-13-20-17-8-2-1-5-16(17)10-11-21(19)20;1-2-4-6-5-3-1/h1-2,5,8,10-13,15,22H,3-4,6-7,9,14H2;1-4H,5H2. The number of rotatable bonds is 3. The second-order valence-corrected chi connectivity index (χ2v) is 7.56. The van der Waals surface area contributed by atoms with E-state index in [0.717, 1.165) is 19.4 Å². The van der Waals surface area contributed by atoms with E-state index in [1.807, 2.05) is 18.2 Å². The van der Waals surface area contributed by atoms with Crippen molar-refractivity contribution in [1.82, 2.24) is 0 Å². The summed E-state index contributed by atoms with van der Waals surface area (Å²) < 4.78 is 4.80. The summed E-state index contributed by atoms with van der Waals surface area (Å²) in [5, 5.41) is 14.6. The molecule has 1 N–H and O–H groups in total.